The van der Waals surface area contributed by atoms with Gasteiger partial charge >= 0.3 is 11.9 Å². The summed E-state index contributed by atoms with van der Waals surface area (Å²) < 4.78 is 8.73. The molecule has 10 nitrogen and oxygen atoms in total. The molecule has 0 aliphatic carbocycles. The summed E-state index contributed by atoms with van der Waals surface area (Å²) in [6.07, 6.45) is 4.39. The highest BCUT2D eigenvalue weighted by atomic mass is 35.5. The van der Waals surface area contributed by atoms with E-state index in [2.05, 4.69) is 21.7 Å². The van der Waals surface area contributed by atoms with Crippen LogP contribution in [0.1, 0.15) is 53.4 Å². The number of esters is 2. The van der Waals surface area contributed by atoms with Gasteiger partial charge in [0.15, 0.2) is 0 Å². The smallest absolute Gasteiger partial charge is 0.317 e. The molecule has 0 aromatic rings. The number of carbonyl (C=O) groups excluding carboxylic acids is 6. The van der Waals surface area contributed by atoms with Gasteiger partial charge in [-0.1, -0.05) is 0 Å². The molecule has 0 fully saturated rings. The van der Waals surface area contributed by atoms with Gasteiger partial charge in [-0.05, 0) is 59.2 Å². The number of carbonyl (C=O) groups is 6. The lowest BCUT2D eigenvalue weighted by molar-refractivity contribution is -0.153. The molecule has 0 aromatic heterocycles. The monoisotopic (exact) mass is 494 g/mol. The Morgan fingerprint density at radius 3 is 1.64 bits per heavy atom. The summed E-state index contributed by atoms with van der Waals surface area (Å²) in [5.41, 5.74) is 0. The Balaban J connectivity index is -0.000000449. The summed E-state index contributed by atoms with van der Waals surface area (Å²) in [7, 11) is 5.98. The van der Waals surface area contributed by atoms with Crippen LogP contribution in [0.2, 0.25) is 0 Å². The summed E-state index contributed by atoms with van der Waals surface area (Å²) in [4.78, 5) is 65.1. The molecule has 0 aromatic carbocycles. The lowest BCUT2D eigenvalue weighted by Gasteiger charge is -2.26. The maximum atomic E-state index is 11.8. The first-order valence-corrected chi connectivity index (χ1v) is 10.9. The summed E-state index contributed by atoms with van der Waals surface area (Å²) in [5.74, 6) is -3.08. The van der Waals surface area contributed by atoms with E-state index in [1.54, 1.807) is 7.05 Å². The van der Waals surface area contributed by atoms with Gasteiger partial charge in [-0.25, -0.2) is 0 Å². The Hall–Kier alpha value is -2.33. The van der Waals surface area contributed by atoms with Crippen molar-refractivity contribution in [3.63, 3.8) is 0 Å². The van der Waals surface area contributed by atoms with E-state index < -0.39 is 29.0 Å². The van der Waals surface area contributed by atoms with Crippen molar-refractivity contribution in [2.75, 3.05) is 28.3 Å². The number of halogens is 1. The minimum Gasteiger partial charge on any atom is -0.468 e. The SMILES string of the molecule is CNC(C)CCC=O.COC(=O)C(C)C(=O)Cl.COC(=O)C(C)C(=O)N(C)C(C)CCC=O. The Kier molecular flexibility index (Phi) is 23.0. The van der Waals surface area contributed by atoms with Crippen LogP contribution in [-0.2, 0) is 38.2 Å². The number of methoxy groups -OCH3 is 2. The van der Waals surface area contributed by atoms with Crippen molar-refractivity contribution in [3.05, 3.63) is 0 Å². The third kappa shape index (κ3) is 17.9. The minimum atomic E-state index is -0.850. The third-order valence-electron chi connectivity index (χ3n) is 4.74. The number of nitrogens with one attached hydrogen (secondary N) is 1. The summed E-state index contributed by atoms with van der Waals surface area (Å²) in [5, 5.41) is 2.35. The van der Waals surface area contributed by atoms with E-state index in [1.807, 2.05) is 14.0 Å². The minimum absolute atomic E-state index is 0.0650. The first-order valence-electron chi connectivity index (χ1n) is 10.5. The van der Waals surface area contributed by atoms with Gasteiger partial charge in [-0.2, -0.15) is 0 Å². The molecule has 192 valence electrons. The summed E-state index contributed by atoms with van der Waals surface area (Å²) in [6.45, 7) is 6.80. The molecule has 0 aliphatic heterocycles. The normalized spacial score (nSPS) is 13.2. The molecular weight excluding hydrogens is 456 g/mol. The average Bonchev–Trinajstić information content (AvgIpc) is 2.83. The second-order valence-electron chi connectivity index (χ2n) is 7.27. The predicted octanol–water partition coefficient (Wildman–Crippen LogP) is 1.76. The van der Waals surface area contributed by atoms with Crippen molar-refractivity contribution in [2.24, 2.45) is 11.8 Å². The van der Waals surface area contributed by atoms with Gasteiger partial charge in [0.1, 0.15) is 24.4 Å². The van der Waals surface area contributed by atoms with Crippen LogP contribution in [0.15, 0.2) is 0 Å². The number of hydrogen-bond donors (Lipinski definition) is 1. The maximum Gasteiger partial charge on any atom is 0.317 e. The lowest BCUT2D eigenvalue weighted by atomic mass is 10.1. The van der Waals surface area contributed by atoms with Gasteiger partial charge < -0.3 is 29.3 Å². The average molecular weight is 495 g/mol. The molecule has 0 radical (unpaired) electrons. The summed E-state index contributed by atoms with van der Waals surface area (Å²) in [6, 6.07) is 0.407. The highest BCUT2D eigenvalue weighted by Gasteiger charge is 2.27. The first kappa shape index (κ1) is 35.3. The molecule has 0 bridgehead atoms. The van der Waals surface area contributed by atoms with E-state index in [4.69, 9.17) is 11.6 Å². The molecule has 4 unspecified atom stereocenters. The molecule has 0 saturated carbocycles. The fourth-order valence-corrected chi connectivity index (χ4v) is 2.12. The van der Waals surface area contributed by atoms with Crippen molar-refractivity contribution in [2.45, 2.75) is 65.5 Å². The van der Waals surface area contributed by atoms with E-state index in [-0.39, 0.29) is 11.9 Å². The van der Waals surface area contributed by atoms with Gasteiger partial charge in [-0.3, -0.25) is 19.2 Å². The van der Waals surface area contributed by atoms with Gasteiger partial charge in [-0.15, -0.1) is 0 Å². The van der Waals surface area contributed by atoms with Crippen LogP contribution in [0.4, 0.5) is 0 Å². The van der Waals surface area contributed by atoms with Crippen molar-refractivity contribution >= 4 is 47.3 Å². The topological polar surface area (TPSA) is 136 Å². The molecule has 11 heteroatoms. The van der Waals surface area contributed by atoms with Crippen molar-refractivity contribution in [1.82, 2.24) is 10.2 Å². The number of nitrogens with zero attached hydrogens (tertiary/aromatic N) is 1. The number of hydrogen-bond acceptors (Lipinski definition) is 9. The van der Waals surface area contributed by atoms with Gasteiger partial charge in [0, 0.05) is 32.0 Å². The van der Waals surface area contributed by atoms with Crippen molar-refractivity contribution < 1.29 is 38.2 Å². The number of rotatable bonds is 12. The van der Waals surface area contributed by atoms with Crippen molar-refractivity contribution in [1.29, 1.82) is 0 Å². The van der Waals surface area contributed by atoms with Gasteiger partial charge in [0.05, 0.1) is 14.2 Å². The van der Waals surface area contributed by atoms with Crippen LogP contribution in [0.5, 0.6) is 0 Å². The standard InChI is InChI=1S/C11H19NO4.C6H13NO.C5H7ClO3/c1-8(6-5-7-13)12(3)10(14)9(2)11(15)16-4;1-6(7-2)4-3-5-8;1-3(4(6)7)5(8)9-2/h7-9H,5-6H2,1-4H3;5-7H,3-4H2,1-2H3;3H,1-2H3. The fourth-order valence-electron chi connectivity index (χ4n) is 2.03. The highest BCUT2D eigenvalue weighted by molar-refractivity contribution is 6.65. The summed E-state index contributed by atoms with van der Waals surface area (Å²) >= 11 is 4.96. The molecule has 4 atom stereocenters. The van der Waals surface area contributed by atoms with Crippen LogP contribution < -0.4 is 5.32 Å². The molecule has 1 N–H and O–H groups in total. The third-order valence-corrected chi connectivity index (χ3v) is 5.07. The Morgan fingerprint density at radius 2 is 1.30 bits per heavy atom. The van der Waals surface area contributed by atoms with Crippen LogP contribution in [0.25, 0.3) is 0 Å². The van der Waals surface area contributed by atoms with Crippen LogP contribution in [0, 0.1) is 11.8 Å². The first-order chi connectivity index (χ1) is 15.4. The number of ether oxygens (including phenoxy) is 2. The van der Waals surface area contributed by atoms with Crippen LogP contribution in [0.3, 0.4) is 0 Å². The molecule has 0 saturated heterocycles. The van der Waals surface area contributed by atoms with E-state index >= 15 is 0 Å². The largest absolute Gasteiger partial charge is 0.468 e. The molecule has 33 heavy (non-hydrogen) atoms. The van der Waals surface area contributed by atoms with Gasteiger partial charge in [0.2, 0.25) is 11.1 Å². The molecule has 0 aliphatic rings. The van der Waals surface area contributed by atoms with Crippen LogP contribution in [-0.4, -0.2) is 81.0 Å². The molecular formula is C22H39ClN2O8. The zero-order chi connectivity index (χ0) is 26.6. The Labute approximate surface area is 201 Å². The molecule has 0 heterocycles. The van der Waals surface area contributed by atoms with Crippen LogP contribution >= 0.6 is 11.6 Å². The van der Waals surface area contributed by atoms with Gasteiger partial charge in [0.25, 0.3) is 0 Å². The van der Waals surface area contributed by atoms with E-state index in [0.717, 1.165) is 19.0 Å². The maximum absolute atomic E-state index is 11.8. The highest BCUT2D eigenvalue weighted by Crippen LogP contribution is 2.09. The zero-order valence-electron chi connectivity index (χ0n) is 20.9. The molecule has 0 rings (SSSR count). The second kappa shape index (κ2) is 21.5. The number of amides is 1. The molecule has 1 amide bonds. The Bertz CT molecular complexity index is 615. The lowest BCUT2D eigenvalue weighted by Crippen LogP contribution is -2.41. The van der Waals surface area contributed by atoms with E-state index in [0.29, 0.717) is 25.3 Å². The van der Waals surface area contributed by atoms with E-state index in [1.165, 1.54) is 33.0 Å². The Morgan fingerprint density at radius 1 is 0.879 bits per heavy atom. The van der Waals surface area contributed by atoms with Crippen molar-refractivity contribution in [3.8, 4) is 0 Å². The predicted molar refractivity (Wildman–Crippen MR) is 125 cm³/mol. The quantitative estimate of drug-likeness (QED) is 0.186. The van der Waals surface area contributed by atoms with E-state index in [9.17, 15) is 28.8 Å². The fraction of sp³-hybridized carbons (Fsp3) is 0.727. The zero-order valence-corrected chi connectivity index (χ0v) is 21.6. The number of aldehydes is 2. The molecule has 0 spiro atoms. The second-order valence-corrected chi connectivity index (χ2v) is 7.64.